The quantitative estimate of drug-likeness (QED) is 0.894. The summed E-state index contributed by atoms with van der Waals surface area (Å²) in [6.07, 6.45) is 6.53. The van der Waals surface area contributed by atoms with Crippen molar-refractivity contribution in [2.45, 2.75) is 57.2 Å². The highest BCUT2D eigenvalue weighted by atomic mass is 32.2. The van der Waals surface area contributed by atoms with E-state index in [1.165, 1.54) is 23.6 Å². The normalized spacial score (nSPS) is 30.0. The van der Waals surface area contributed by atoms with Crippen LogP contribution in [0.3, 0.4) is 0 Å². The van der Waals surface area contributed by atoms with Crippen LogP contribution in [0.2, 0.25) is 0 Å². The Labute approximate surface area is 138 Å². The van der Waals surface area contributed by atoms with Crippen LogP contribution in [0.4, 0.5) is 0 Å². The van der Waals surface area contributed by atoms with E-state index in [2.05, 4.69) is 36.3 Å². The van der Waals surface area contributed by atoms with Crippen molar-refractivity contribution in [1.82, 2.24) is 10.3 Å². The van der Waals surface area contributed by atoms with Gasteiger partial charge in [0.05, 0.1) is 11.3 Å². The van der Waals surface area contributed by atoms with Gasteiger partial charge >= 0.3 is 0 Å². The molecule has 2 saturated heterocycles. The molecule has 2 aliphatic rings. The zero-order chi connectivity index (χ0) is 15.4. The number of ether oxygens (including phenoxy) is 1. The van der Waals surface area contributed by atoms with E-state index in [1.807, 2.05) is 24.0 Å². The smallest absolute Gasteiger partial charge is 0.0795 e. The van der Waals surface area contributed by atoms with Crippen molar-refractivity contribution in [1.29, 1.82) is 0 Å². The summed E-state index contributed by atoms with van der Waals surface area (Å²) in [6, 6.07) is 7.15. The van der Waals surface area contributed by atoms with Gasteiger partial charge < -0.3 is 10.1 Å². The number of nitrogens with one attached hydrogen (secondary N) is 1. The summed E-state index contributed by atoms with van der Waals surface area (Å²) in [6.45, 7) is 5.47. The van der Waals surface area contributed by atoms with Crippen LogP contribution < -0.4 is 5.32 Å². The molecule has 0 amide bonds. The first-order valence-corrected chi connectivity index (χ1v) is 9.71. The van der Waals surface area contributed by atoms with Gasteiger partial charge in [0.25, 0.3) is 0 Å². The zero-order valence-electron chi connectivity index (χ0n) is 13.8. The van der Waals surface area contributed by atoms with Gasteiger partial charge in [-0.1, -0.05) is 19.9 Å². The summed E-state index contributed by atoms with van der Waals surface area (Å²) in [4.78, 5) is 4.59. The van der Waals surface area contributed by atoms with Crippen LogP contribution >= 0.6 is 11.8 Å². The molecule has 1 spiro atoms. The van der Waals surface area contributed by atoms with Crippen molar-refractivity contribution >= 4 is 11.8 Å². The third-order valence-corrected chi connectivity index (χ3v) is 5.97. The molecular formula is C18H28N2OS. The minimum absolute atomic E-state index is 0.146. The molecule has 1 N–H and O–H groups in total. The fourth-order valence-corrected chi connectivity index (χ4v) is 5.02. The number of nitrogens with zero attached hydrogens (tertiary/aromatic N) is 1. The van der Waals surface area contributed by atoms with Crippen LogP contribution in [-0.2, 0) is 4.74 Å². The predicted molar refractivity (Wildman–Crippen MR) is 93.2 cm³/mol. The van der Waals surface area contributed by atoms with Crippen LogP contribution in [0.25, 0.3) is 0 Å². The van der Waals surface area contributed by atoms with E-state index < -0.39 is 0 Å². The number of thioether (sulfide) groups is 1. The fourth-order valence-electron chi connectivity index (χ4n) is 3.65. The number of hydrogen-bond acceptors (Lipinski definition) is 4. The molecule has 1 aromatic rings. The Kier molecular flexibility index (Phi) is 5.42. The van der Waals surface area contributed by atoms with E-state index in [9.17, 15) is 0 Å². The van der Waals surface area contributed by atoms with E-state index in [1.54, 1.807) is 0 Å². The Balaban J connectivity index is 1.67. The molecule has 22 heavy (non-hydrogen) atoms. The highest BCUT2D eigenvalue weighted by molar-refractivity contribution is 7.99. The van der Waals surface area contributed by atoms with Crippen molar-refractivity contribution in [3.63, 3.8) is 0 Å². The van der Waals surface area contributed by atoms with Crippen LogP contribution in [0.1, 0.15) is 51.3 Å². The van der Waals surface area contributed by atoms with Gasteiger partial charge in [-0.05, 0) is 49.5 Å². The Hall–Kier alpha value is -0.580. The highest BCUT2D eigenvalue weighted by Crippen LogP contribution is 2.39. The second-order valence-electron chi connectivity index (χ2n) is 7.13. The molecule has 2 aliphatic heterocycles. The number of rotatable bonds is 5. The maximum atomic E-state index is 6.15. The van der Waals surface area contributed by atoms with Gasteiger partial charge in [0.1, 0.15) is 0 Å². The third-order valence-electron chi connectivity index (χ3n) is 4.75. The Morgan fingerprint density at radius 2 is 2.36 bits per heavy atom. The molecule has 3 heterocycles. The van der Waals surface area contributed by atoms with Gasteiger partial charge in [0.2, 0.25) is 0 Å². The van der Waals surface area contributed by atoms with E-state index in [0.29, 0.717) is 18.0 Å². The lowest BCUT2D eigenvalue weighted by atomic mass is 9.88. The summed E-state index contributed by atoms with van der Waals surface area (Å²) < 4.78 is 6.15. The molecule has 0 bridgehead atoms. The van der Waals surface area contributed by atoms with Gasteiger partial charge in [-0.15, -0.1) is 0 Å². The van der Waals surface area contributed by atoms with E-state index in [0.717, 1.165) is 25.9 Å². The number of hydrogen-bond donors (Lipinski definition) is 1. The molecule has 0 unspecified atom stereocenters. The topological polar surface area (TPSA) is 34.1 Å². The van der Waals surface area contributed by atoms with Gasteiger partial charge in [0, 0.05) is 30.6 Å². The summed E-state index contributed by atoms with van der Waals surface area (Å²) >= 11 is 2.04. The summed E-state index contributed by atoms with van der Waals surface area (Å²) in [7, 11) is 0. The summed E-state index contributed by atoms with van der Waals surface area (Å²) in [5, 5.41) is 3.90. The molecule has 122 valence electrons. The monoisotopic (exact) mass is 320 g/mol. The lowest BCUT2D eigenvalue weighted by Crippen LogP contribution is -2.48. The SMILES string of the molecule is CC(C)C[C@H](N[C@@H]1CCO[C@]2(CCSC2)C1)c1ccccn1. The first kappa shape index (κ1) is 16.3. The van der Waals surface area contributed by atoms with Gasteiger partial charge in [-0.25, -0.2) is 0 Å². The molecule has 1 aromatic heterocycles. The summed E-state index contributed by atoms with van der Waals surface area (Å²) in [5.74, 6) is 3.08. The average Bonchev–Trinajstić information content (AvgIpc) is 2.95. The number of aromatic nitrogens is 1. The van der Waals surface area contributed by atoms with Crippen molar-refractivity contribution in [3.05, 3.63) is 30.1 Å². The van der Waals surface area contributed by atoms with Gasteiger partial charge in [-0.3, -0.25) is 4.98 Å². The Morgan fingerprint density at radius 3 is 3.05 bits per heavy atom. The van der Waals surface area contributed by atoms with Crippen molar-refractivity contribution in [2.75, 3.05) is 18.1 Å². The van der Waals surface area contributed by atoms with Crippen LogP contribution in [0.15, 0.2) is 24.4 Å². The van der Waals surface area contributed by atoms with Crippen molar-refractivity contribution in [3.8, 4) is 0 Å². The molecule has 4 heteroatoms. The zero-order valence-corrected chi connectivity index (χ0v) is 14.6. The second-order valence-corrected chi connectivity index (χ2v) is 8.23. The van der Waals surface area contributed by atoms with Gasteiger partial charge in [-0.2, -0.15) is 11.8 Å². The largest absolute Gasteiger partial charge is 0.374 e. The lowest BCUT2D eigenvalue weighted by Gasteiger charge is -2.39. The van der Waals surface area contributed by atoms with Crippen LogP contribution in [0.5, 0.6) is 0 Å². The molecule has 2 fully saturated rings. The maximum absolute atomic E-state index is 6.15. The summed E-state index contributed by atoms with van der Waals surface area (Å²) in [5.41, 5.74) is 1.32. The van der Waals surface area contributed by atoms with Crippen molar-refractivity contribution in [2.24, 2.45) is 5.92 Å². The first-order chi connectivity index (χ1) is 10.7. The second kappa shape index (κ2) is 7.33. The highest BCUT2D eigenvalue weighted by Gasteiger charge is 2.40. The molecule has 0 radical (unpaired) electrons. The minimum Gasteiger partial charge on any atom is -0.374 e. The van der Waals surface area contributed by atoms with Crippen LogP contribution in [0, 0.1) is 5.92 Å². The van der Waals surface area contributed by atoms with Crippen molar-refractivity contribution < 1.29 is 4.74 Å². The maximum Gasteiger partial charge on any atom is 0.0795 e. The molecule has 0 aromatic carbocycles. The molecule has 3 rings (SSSR count). The minimum atomic E-state index is 0.146. The molecule has 3 atom stereocenters. The number of pyridine rings is 1. The van der Waals surface area contributed by atoms with Crippen LogP contribution in [-0.4, -0.2) is 34.7 Å². The first-order valence-electron chi connectivity index (χ1n) is 8.56. The molecule has 0 aliphatic carbocycles. The third kappa shape index (κ3) is 4.03. The molecule has 3 nitrogen and oxygen atoms in total. The van der Waals surface area contributed by atoms with E-state index >= 15 is 0 Å². The molecule has 0 saturated carbocycles. The predicted octanol–water partition coefficient (Wildman–Crippen LogP) is 3.81. The fraction of sp³-hybridized carbons (Fsp3) is 0.722. The molecular weight excluding hydrogens is 292 g/mol. The average molecular weight is 321 g/mol. The van der Waals surface area contributed by atoms with Gasteiger partial charge in [0.15, 0.2) is 0 Å². The standard InChI is InChI=1S/C18H28N2OS/c1-14(2)11-17(16-5-3-4-8-19-16)20-15-6-9-21-18(12-15)7-10-22-13-18/h3-5,8,14-15,17,20H,6-7,9-13H2,1-2H3/t15-,17+,18-/m1/s1. The Morgan fingerprint density at radius 1 is 1.45 bits per heavy atom. The Bertz CT molecular complexity index is 459. The lowest BCUT2D eigenvalue weighted by molar-refractivity contribution is -0.0717. The van der Waals surface area contributed by atoms with E-state index in [-0.39, 0.29) is 5.60 Å². The van der Waals surface area contributed by atoms with E-state index in [4.69, 9.17) is 4.74 Å².